The zero-order chi connectivity index (χ0) is 22.4. The van der Waals surface area contributed by atoms with E-state index in [4.69, 9.17) is 16.3 Å². The van der Waals surface area contributed by atoms with Gasteiger partial charge in [0.15, 0.2) is 6.61 Å². The van der Waals surface area contributed by atoms with Gasteiger partial charge >= 0.3 is 5.97 Å². The number of esters is 1. The summed E-state index contributed by atoms with van der Waals surface area (Å²) in [6.45, 7) is 2.86. The maximum atomic E-state index is 12.2. The first-order valence-corrected chi connectivity index (χ1v) is 9.19. The lowest BCUT2D eigenvalue weighted by molar-refractivity contribution is -0.384. The van der Waals surface area contributed by atoms with Crippen molar-refractivity contribution < 1.29 is 24.0 Å². The molecule has 30 heavy (non-hydrogen) atoms. The van der Waals surface area contributed by atoms with E-state index in [0.717, 1.165) is 22.1 Å². The number of nitrogens with one attached hydrogen (secondary N) is 1. The van der Waals surface area contributed by atoms with E-state index in [9.17, 15) is 24.5 Å². The number of rotatable bonds is 7. The fourth-order valence-electron chi connectivity index (χ4n) is 2.59. The second-order valence-electron chi connectivity index (χ2n) is 6.56. The number of likely N-dealkylation sites (N-methyl/N-ethyl adjacent to an activating group) is 1. The predicted molar refractivity (Wildman–Crippen MR) is 111 cm³/mol. The smallest absolute Gasteiger partial charge is 0.338 e. The van der Waals surface area contributed by atoms with Gasteiger partial charge in [0.1, 0.15) is 5.02 Å². The van der Waals surface area contributed by atoms with Crippen LogP contribution in [0.15, 0.2) is 36.4 Å². The summed E-state index contributed by atoms with van der Waals surface area (Å²) in [6.07, 6.45) is 0. The third kappa shape index (κ3) is 5.77. The molecule has 0 aliphatic rings. The number of aryl methyl sites for hydroxylation is 2. The Kier molecular flexibility index (Phi) is 7.48. The van der Waals surface area contributed by atoms with Crippen LogP contribution in [0.4, 0.5) is 11.4 Å². The van der Waals surface area contributed by atoms with Crippen molar-refractivity contribution in [1.29, 1.82) is 0 Å². The van der Waals surface area contributed by atoms with E-state index in [1.807, 2.05) is 32.0 Å². The Labute approximate surface area is 177 Å². The Bertz CT molecular complexity index is 988. The van der Waals surface area contributed by atoms with E-state index >= 15 is 0 Å². The maximum absolute atomic E-state index is 12.2. The topological polar surface area (TPSA) is 119 Å². The molecule has 1 N–H and O–H groups in total. The average Bonchev–Trinajstić information content (AvgIpc) is 2.68. The monoisotopic (exact) mass is 433 g/mol. The molecule has 0 radical (unpaired) electrons. The van der Waals surface area contributed by atoms with E-state index in [1.54, 1.807) is 0 Å². The summed E-state index contributed by atoms with van der Waals surface area (Å²) in [6, 6.07) is 9.01. The maximum Gasteiger partial charge on any atom is 0.338 e. The number of halogens is 1. The van der Waals surface area contributed by atoms with Crippen molar-refractivity contribution in [3.8, 4) is 0 Å². The molecule has 0 bridgehead atoms. The van der Waals surface area contributed by atoms with Gasteiger partial charge in [-0.25, -0.2) is 4.79 Å². The van der Waals surface area contributed by atoms with E-state index < -0.39 is 35.0 Å². The fourth-order valence-corrected chi connectivity index (χ4v) is 2.78. The molecule has 2 rings (SSSR count). The van der Waals surface area contributed by atoms with Gasteiger partial charge in [-0.3, -0.25) is 19.7 Å². The molecule has 0 aliphatic carbocycles. The van der Waals surface area contributed by atoms with Gasteiger partial charge < -0.3 is 15.0 Å². The minimum atomic E-state index is -0.920. The minimum Gasteiger partial charge on any atom is -0.452 e. The molecule has 9 nitrogen and oxygen atoms in total. The Balaban J connectivity index is 1.91. The molecule has 2 aromatic carbocycles. The highest BCUT2D eigenvalue weighted by Gasteiger charge is 2.20. The molecule has 0 unspecified atom stereocenters. The first-order valence-electron chi connectivity index (χ1n) is 8.81. The Morgan fingerprint density at radius 1 is 1.17 bits per heavy atom. The molecular weight excluding hydrogens is 414 g/mol. The van der Waals surface area contributed by atoms with Crippen molar-refractivity contribution in [2.75, 3.05) is 25.5 Å². The second kappa shape index (κ2) is 9.84. The van der Waals surface area contributed by atoms with Gasteiger partial charge in [-0.15, -0.1) is 0 Å². The number of amides is 2. The summed E-state index contributed by atoms with van der Waals surface area (Å²) in [4.78, 5) is 47.7. The molecule has 0 atom stereocenters. The lowest BCUT2D eigenvalue weighted by atomic mass is 10.1. The Morgan fingerprint density at radius 2 is 1.80 bits per heavy atom. The van der Waals surface area contributed by atoms with Crippen LogP contribution in [-0.4, -0.2) is 47.8 Å². The standard InChI is InChI=1S/C20H20ClN3O6/c1-12-5-4-6-13(2)19(12)22-17(25)10-23(3)18(26)11-30-20(27)14-7-8-15(21)16(9-14)24(28)29/h4-9H,10-11H2,1-3H3,(H,22,25). The lowest BCUT2D eigenvalue weighted by Crippen LogP contribution is -2.37. The van der Waals surface area contributed by atoms with Gasteiger partial charge in [-0.1, -0.05) is 29.8 Å². The molecule has 0 aromatic heterocycles. The summed E-state index contributed by atoms with van der Waals surface area (Å²) >= 11 is 5.70. The second-order valence-corrected chi connectivity index (χ2v) is 6.97. The van der Waals surface area contributed by atoms with Crippen LogP contribution in [0.3, 0.4) is 0 Å². The normalized spacial score (nSPS) is 10.3. The number of hydrogen-bond acceptors (Lipinski definition) is 6. The molecule has 2 amide bonds. The van der Waals surface area contributed by atoms with Crippen molar-refractivity contribution in [2.45, 2.75) is 13.8 Å². The number of carbonyl (C=O) groups is 3. The number of benzene rings is 2. The molecule has 0 heterocycles. The SMILES string of the molecule is Cc1cccc(C)c1NC(=O)CN(C)C(=O)COC(=O)c1ccc(Cl)c([N+](=O)[O-])c1. The van der Waals surface area contributed by atoms with Crippen LogP contribution in [0.25, 0.3) is 0 Å². The van der Waals surface area contributed by atoms with Crippen LogP contribution in [0.2, 0.25) is 5.02 Å². The van der Waals surface area contributed by atoms with E-state index in [1.165, 1.54) is 19.2 Å². The first-order chi connectivity index (χ1) is 14.1. The molecular formula is C20H20ClN3O6. The Hall–Kier alpha value is -3.46. The van der Waals surface area contributed by atoms with Gasteiger partial charge in [0, 0.05) is 18.8 Å². The highest BCUT2D eigenvalue weighted by Crippen LogP contribution is 2.25. The summed E-state index contributed by atoms with van der Waals surface area (Å²) in [5.74, 6) is -1.93. The number of nitrogens with zero attached hydrogens (tertiary/aromatic N) is 2. The summed E-state index contributed by atoms with van der Waals surface area (Å²) in [5.41, 5.74) is 1.90. The number of hydrogen-bond donors (Lipinski definition) is 1. The number of anilines is 1. The molecule has 0 saturated carbocycles. The van der Waals surface area contributed by atoms with Crippen LogP contribution in [0.1, 0.15) is 21.5 Å². The highest BCUT2D eigenvalue weighted by atomic mass is 35.5. The number of para-hydroxylation sites is 1. The zero-order valence-corrected chi connectivity index (χ0v) is 17.4. The first kappa shape index (κ1) is 22.8. The van der Waals surface area contributed by atoms with Crippen molar-refractivity contribution in [3.05, 3.63) is 68.2 Å². The molecule has 158 valence electrons. The molecule has 0 aliphatic heterocycles. The summed E-state index contributed by atoms with van der Waals surface area (Å²) in [7, 11) is 1.40. The molecule has 10 heteroatoms. The quantitative estimate of drug-likeness (QED) is 0.407. The van der Waals surface area contributed by atoms with Crippen LogP contribution < -0.4 is 5.32 Å². The van der Waals surface area contributed by atoms with Gasteiger partial charge in [0.05, 0.1) is 17.0 Å². The molecule has 0 saturated heterocycles. The fraction of sp³-hybridized carbons (Fsp3) is 0.250. The van der Waals surface area contributed by atoms with E-state index in [2.05, 4.69) is 5.32 Å². The van der Waals surface area contributed by atoms with Crippen LogP contribution >= 0.6 is 11.6 Å². The average molecular weight is 434 g/mol. The van der Waals surface area contributed by atoms with Gasteiger partial charge in [0.25, 0.3) is 11.6 Å². The molecule has 0 spiro atoms. The highest BCUT2D eigenvalue weighted by molar-refractivity contribution is 6.32. The zero-order valence-electron chi connectivity index (χ0n) is 16.6. The predicted octanol–water partition coefficient (Wildman–Crippen LogP) is 3.12. The van der Waals surface area contributed by atoms with Crippen molar-refractivity contribution in [2.24, 2.45) is 0 Å². The van der Waals surface area contributed by atoms with E-state index in [-0.39, 0.29) is 17.1 Å². The van der Waals surface area contributed by atoms with Gasteiger partial charge in [-0.2, -0.15) is 0 Å². The summed E-state index contributed by atoms with van der Waals surface area (Å²) < 4.78 is 4.90. The van der Waals surface area contributed by atoms with Crippen LogP contribution in [0, 0.1) is 24.0 Å². The Morgan fingerprint density at radius 3 is 2.40 bits per heavy atom. The summed E-state index contributed by atoms with van der Waals surface area (Å²) in [5, 5.41) is 13.5. The third-order valence-corrected chi connectivity index (χ3v) is 4.58. The molecule has 2 aromatic rings. The van der Waals surface area contributed by atoms with Crippen LogP contribution in [0.5, 0.6) is 0 Å². The largest absolute Gasteiger partial charge is 0.452 e. The number of carbonyl (C=O) groups excluding carboxylic acids is 3. The number of ether oxygens (including phenoxy) is 1. The number of nitro groups is 1. The minimum absolute atomic E-state index is 0.116. The van der Waals surface area contributed by atoms with Gasteiger partial charge in [0.2, 0.25) is 5.91 Å². The van der Waals surface area contributed by atoms with Gasteiger partial charge in [-0.05, 0) is 37.1 Å². The van der Waals surface area contributed by atoms with Crippen LogP contribution in [-0.2, 0) is 14.3 Å². The van der Waals surface area contributed by atoms with Crippen molar-refractivity contribution in [1.82, 2.24) is 4.90 Å². The lowest BCUT2D eigenvalue weighted by Gasteiger charge is -2.18. The van der Waals surface area contributed by atoms with Crippen molar-refractivity contribution in [3.63, 3.8) is 0 Å². The van der Waals surface area contributed by atoms with Crippen molar-refractivity contribution >= 4 is 40.8 Å². The third-order valence-electron chi connectivity index (χ3n) is 4.26. The van der Waals surface area contributed by atoms with E-state index in [0.29, 0.717) is 5.69 Å². The molecule has 0 fully saturated rings. The number of nitro benzene ring substituents is 1.